The topological polar surface area (TPSA) is 86.8 Å². The summed E-state index contributed by atoms with van der Waals surface area (Å²) in [7, 11) is 3.15. The summed E-state index contributed by atoms with van der Waals surface area (Å²) in [5.74, 6) is -0.586. The number of nitrogens with one attached hydrogen (secondary N) is 1. The lowest BCUT2D eigenvalue weighted by molar-refractivity contribution is -0.143. The Morgan fingerprint density at radius 1 is 1.04 bits per heavy atom. The smallest absolute Gasteiger partial charge is 0.243 e. The third-order valence-corrected chi connectivity index (χ3v) is 4.29. The summed E-state index contributed by atoms with van der Waals surface area (Å²) in [6.07, 6.45) is 2.30. The molecule has 0 fully saturated rings. The SMILES string of the molecule is CCCC(=O)N(C)CC(=O)N(C)C(CC(C)C)C(=O)NC(C=O)C(C)C. The molecule has 0 bridgehead atoms. The van der Waals surface area contributed by atoms with Crippen molar-refractivity contribution >= 4 is 24.0 Å². The first kappa shape index (κ1) is 24.1. The third-order valence-electron chi connectivity index (χ3n) is 4.29. The Morgan fingerprint density at radius 3 is 2.04 bits per heavy atom. The summed E-state index contributed by atoms with van der Waals surface area (Å²) in [5.41, 5.74) is 0. The van der Waals surface area contributed by atoms with Crippen LogP contribution in [0.25, 0.3) is 0 Å². The highest BCUT2D eigenvalue weighted by molar-refractivity contribution is 5.91. The highest BCUT2D eigenvalue weighted by Gasteiger charge is 2.30. The van der Waals surface area contributed by atoms with Gasteiger partial charge in [-0.3, -0.25) is 14.4 Å². The predicted molar refractivity (Wildman–Crippen MR) is 101 cm³/mol. The van der Waals surface area contributed by atoms with Gasteiger partial charge in [0.25, 0.3) is 0 Å². The van der Waals surface area contributed by atoms with Crippen molar-refractivity contribution in [1.29, 1.82) is 0 Å². The van der Waals surface area contributed by atoms with E-state index in [0.29, 0.717) is 25.5 Å². The monoisotopic (exact) mass is 369 g/mol. The summed E-state index contributed by atoms with van der Waals surface area (Å²) in [5, 5.41) is 2.72. The van der Waals surface area contributed by atoms with Crippen LogP contribution in [0.3, 0.4) is 0 Å². The summed E-state index contributed by atoms with van der Waals surface area (Å²) in [4.78, 5) is 51.1. The van der Waals surface area contributed by atoms with Crippen LogP contribution in [0.15, 0.2) is 0 Å². The van der Waals surface area contributed by atoms with E-state index < -0.39 is 12.1 Å². The molecule has 0 aromatic heterocycles. The summed E-state index contributed by atoms with van der Waals surface area (Å²) in [6, 6.07) is -1.27. The number of carbonyl (C=O) groups is 4. The van der Waals surface area contributed by atoms with E-state index in [-0.39, 0.29) is 36.1 Å². The number of rotatable bonds is 11. The van der Waals surface area contributed by atoms with Crippen molar-refractivity contribution in [3.05, 3.63) is 0 Å². The molecule has 0 rings (SSSR count). The van der Waals surface area contributed by atoms with E-state index in [9.17, 15) is 19.2 Å². The molecule has 0 saturated heterocycles. The molecule has 0 heterocycles. The number of aldehydes is 1. The normalized spacial score (nSPS) is 13.3. The zero-order valence-corrected chi connectivity index (χ0v) is 17.2. The van der Waals surface area contributed by atoms with E-state index in [1.54, 1.807) is 14.1 Å². The van der Waals surface area contributed by atoms with Crippen molar-refractivity contribution in [1.82, 2.24) is 15.1 Å². The Labute approximate surface area is 157 Å². The molecule has 26 heavy (non-hydrogen) atoms. The molecular formula is C19H35N3O4. The zero-order valence-electron chi connectivity index (χ0n) is 17.2. The second kappa shape index (κ2) is 11.6. The number of amides is 3. The minimum Gasteiger partial charge on any atom is -0.345 e. The Balaban J connectivity index is 5.14. The molecule has 150 valence electrons. The second-order valence-electron chi connectivity index (χ2n) is 7.56. The lowest BCUT2D eigenvalue weighted by Crippen LogP contribution is -2.53. The van der Waals surface area contributed by atoms with Crippen LogP contribution in [0.5, 0.6) is 0 Å². The Morgan fingerprint density at radius 2 is 1.62 bits per heavy atom. The van der Waals surface area contributed by atoms with Crippen molar-refractivity contribution in [2.45, 2.75) is 66.0 Å². The molecule has 7 nitrogen and oxygen atoms in total. The van der Waals surface area contributed by atoms with Crippen LogP contribution in [-0.2, 0) is 19.2 Å². The maximum absolute atomic E-state index is 12.7. The first-order chi connectivity index (χ1) is 12.0. The van der Waals surface area contributed by atoms with Crippen molar-refractivity contribution < 1.29 is 19.2 Å². The zero-order chi connectivity index (χ0) is 20.4. The summed E-state index contributed by atoms with van der Waals surface area (Å²) in [6.45, 7) is 9.46. The number of nitrogens with zero attached hydrogens (tertiary/aromatic N) is 2. The average molecular weight is 370 g/mol. The van der Waals surface area contributed by atoms with E-state index in [1.807, 2.05) is 34.6 Å². The second-order valence-corrected chi connectivity index (χ2v) is 7.56. The Bertz CT molecular complexity index is 491. The molecule has 2 unspecified atom stereocenters. The van der Waals surface area contributed by atoms with Gasteiger partial charge < -0.3 is 19.9 Å². The van der Waals surface area contributed by atoms with Crippen LogP contribution < -0.4 is 5.32 Å². The quantitative estimate of drug-likeness (QED) is 0.559. The van der Waals surface area contributed by atoms with Gasteiger partial charge in [-0.05, 0) is 24.7 Å². The van der Waals surface area contributed by atoms with Gasteiger partial charge in [-0.2, -0.15) is 0 Å². The fourth-order valence-corrected chi connectivity index (χ4v) is 2.49. The molecule has 0 radical (unpaired) electrons. The van der Waals surface area contributed by atoms with Crippen LogP contribution in [0.2, 0.25) is 0 Å². The van der Waals surface area contributed by atoms with Gasteiger partial charge in [0.1, 0.15) is 12.3 Å². The number of hydrogen-bond acceptors (Lipinski definition) is 4. The van der Waals surface area contributed by atoms with Gasteiger partial charge in [-0.25, -0.2) is 0 Å². The van der Waals surface area contributed by atoms with E-state index in [1.165, 1.54) is 9.80 Å². The Hall–Kier alpha value is -1.92. The molecule has 0 saturated carbocycles. The Kier molecular flexibility index (Phi) is 10.8. The van der Waals surface area contributed by atoms with Crippen molar-refractivity contribution in [2.24, 2.45) is 11.8 Å². The van der Waals surface area contributed by atoms with Gasteiger partial charge in [0.2, 0.25) is 17.7 Å². The van der Waals surface area contributed by atoms with Crippen molar-refractivity contribution in [3.63, 3.8) is 0 Å². The van der Waals surface area contributed by atoms with E-state index in [0.717, 1.165) is 0 Å². The molecule has 3 amide bonds. The predicted octanol–water partition coefficient (Wildman–Crippen LogP) is 1.46. The highest BCUT2D eigenvalue weighted by atomic mass is 16.2. The maximum atomic E-state index is 12.7. The maximum Gasteiger partial charge on any atom is 0.243 e. The molecule has 7 heteroatoms. The summed E-state index contributed by atoms with van der Waals surface area (Å²) >= 11 is 0. The average Bonchev–Trinajstić information content (AvgIpc) is 2.56. The molecule has 2 atom stereocenters. The molecule has 0 aromatic carbocycles. The van der Waals surface area contributed by atoms with Crippen molar-refractivity contribution in [3.8, 4) is 0 Å². The molecule has 0 aliphatic heterocycles. The van der Waals surface area contributed by atoms with Gasteiger partial charge in [0.15, 0.2) is 0 Å². The fraction of sp³-hybridized carbons (Fsp3) is 0.789. The largest absolute Gasteiger partial charge is 0.345 e. The first-order valence-corrected chi connectivity index (χ1v) is 9.30. The minimum absolute atomic E-state index is 0.0324. The van der Waals surface area contributed by atoms with Gasteiger partial charge in [0.05, 0.1) is 12.6 Å². The molecular weight excluding hydrogens is 334 g/mol. The lowest BCUT2D eigenvalue weighted by atomic mass is 10.00. The van der Waals surface area contributed by atoms with Crippen LogP contribution in [-0.4, -0.2) is 66.5 Å². The molecule has 0 aliphatic carbocycles. The van der Waals surface area contributed by atoms with E-state index >= 15 is 0 Å². The minimum atomic E-state index is -0.682. The van der Waals surface area contributed by atoms with Gasteiger partial charge in [0, 0.05) is 20.5 Å². The van der Waals surface area contributed by atoms with E-state index in [4.69, 9.17) is 0 Å². The van der Waals surface area contributed by atoms with Crippen LogP contribution >= 0.6 is 0 Å². The molecule has 0 aliphatic rings. The first-order valence-electron chi connectivity index (χ1n) is 9.30. The highest BCUT2D eigenvalue weighted by Crippen LogP contribution is 2.13. The van der Waals surface area contributed by atoms with Crippen LogP contribution in [0.1, 0.15) is 53.9 Å². The number of likely N-dealkylation sites (N-methyl/N-ethyl adjacent to an activating group) is 2. The third kappa shape index (κ3) is 7.97. The van der Waals surface area contributed by atoms with Crippen LogP contribution in [0, 0.1) is 11.8 Å². The molecule has 0 aromatic rings. The van der Waals surface area contributed by atoms with Gasteiger partial charge in [-0.1, -0.05) is 34.6 Å². The fourth-order valence-electron chi connectivity index (χ4n) is 2.49. The van der Waals surface area contributed by atoms with Crippen LogP contribution in [0.4, 0.5) is 0 Å². The molecule has 1 N–H and O–H groups in total. The van der Waals surface area contributed by atoms with Crippen molar-refractivity contribution in [2.75, 3.05) is 20.6 Å². The van der Waals surface area contributed by atoms with E-state index in [2.05, 4.69) is 5.32 Å². The standard InChI is InChI=1S/C19H35N3O4/c1-8-9-17(24)21(6)11-18(25)22(7)16(10-13(2)3)19(26)20-15(12-23)14(4)5/h12-16H,8-11H2,1-7H3,(H,20,26). The van der Waals surface area contributed by atoms with Gasteiger partial charge >= 0.3 is 0 Å². The molecule has 0 spiro atoms. The van der Waals surface area contributed by atoms with Gasteiger partial charge in [-0.15, -0.1) is 0 Å². The number of carbonyl (C=O) groups excluding carboxylic acids is 4. The lowest BCUT2D eigenvalue weighted by Gasteiger charge is -2.31. The summed E-state index contributed by atoms with van der Waals surface area (Å²) < 4.78 is 0. The number of hydrogen-bond donors (Lipinski definition) is 1.